The smallest absolute Gasteiger partial charge is 0.229 e. The first-order valence-electron chi connectivity index (χ1n) is 12.4. The normalized spacial score (nSPS) is 17.3. The zero-order chi connectivity index (χ0) is 25.8. The number of allylic oxidation sites excluding steroid dienone is 1. The van der Waals surface area contributed by atoms with Crippen molar-refractivity contribution in [1.29, 1.82) is 5.26 Å². The fraction of sp³-hybridized carbons (Fsp3) is 0.267. The molecular weight excluding hydrogens is 482 g/mol. The van der Waals surface area contributed by atoms with Crippen molar-refractivity contribution < 1.29 is 14.3 Å². The highest BCUT2D eigenvalue weighted by molar-refractivity contribution is 8.03. The number of benzene rings is 3. The van der Waals surface area contributed by atoms with Crippen molar-refractivity contribution in [3.63, 3.8) is 0 Å². The van der Waals surface area contributed by atoms with E-state index in [0.29, 0.717) is 36.2 Å². The molecule has 0 bridgehead atoms. The van der Waals surface area contributed by atoms with Gasteiger partial charge in [0.1, 0.15) is 6.61 Å². The Labute approximate surface area is 222 Å². The molecule has 1 unspecified atom stereocenters. The van der Waals surface area contributed by atoms with E-state index < -0.39 is 0 Å². The Hall–Kier alpha value is -3.89. The second-order valence-electron chi connectivity index (χ2n) is 9.07. The topological polar surface area (TPSA) is 65.8 Å². The lowest BCUT2D eigenvalue weighted by molar-refractivity contribution is -0.129. The minimum atomic E-state index is -0.316. The Morgan fingerprint density at radius 3 is 2.51 bits per heavy atom. The number of carbonyl (C=O) groups is 1. The van der Waals surface area contributed by atoms with Crippen LogP contribution in [0.3, 0.4) is 0 Å². The van der Waals surface area contributed by atoms with Crippen molar-refractivity contribution in [3.05, 3.63) is 100 Å². The van der Waals surface area contributed by atoms with Gasteiger partial charge in [-0.15, -0.1) is 0 Å². The summed E-state index contributed by atoms with van der Waals surface area (Å²) < 4.78 is 11.6. The van der Waals surface area contributed by atoms with Crippen LogP contribution in [0.15, 0.2) is 83.4 Å². The van der Waals surface area contributed by atoms with Gasteiger partial charge in [-0.2, -0.15) is 5.26 Å². The molecule has 0 N–H and O–H groups in total. The van der Waals surface area contributed by atoms with Crippen molar-refractivity contribution in [2.75, 3.05) is 24.6 Å². The van der Waals surface area contributed by atoms with Gasteiger partial charge in [0.25, 0.3) is 0 Å². The summed E-state index contributed by atoms with van der Waals surface area (Å²) in [6.07, 6.45) is 1.23. The summed E-state index contributed by atoms with van der Waals surface area (Å²) in [6, 6.07) is 26.5. The van der Waals surface area contributed by atoms with E-state index in [1.165, 1.54) is 5.56 Å². The molecule has 0 aromatic heterocycles. The number of aryl methyl sites for hydroxylation is 1. The van der Waals surface area contributed by atoms with E-state index in [2.05, 4.69) is 42.2 Å². The van der Waals surface area contributed by atoms with Gasteiger partial charge in [0.15, 0.2) is 11.5 Å². The van der Waals surface area contributed by atoms with E-state index in [4.69, 9.17) is 9.47 Å². The maximum Gasteiger partial charge on any atom is 0.229 e. The molecule has 2 heterocycles. The van der Waals surface area contributed by atoms with Crippen molar-refractivity contribution in [3.8, 4) is 17.6 Å². The van der Waals surface area contributed by atoms with Crippen LogP contribution in [-0.4, -0.2) is 30.5 Å². The standard InChI is InChI=1S/C30H29N3O3S/c1-3-21-9-12-24(13-10-21)32-19-33-29(34)16-25(26(17-31)30(33)37-20-32)23-11-14-27(28(15-23)35-2)36-18-22-7-5-4-6-8-22/h4-15,25H,3,16,18-20H2,1-2H3. The fourth-order valence-electron chi connectivity index (χ4n) is 4.71. The summed E-state index contributed by atoms with van der Waals surface area (Å²) in [7, 11) is 1.60. The van der Waals surface area contributed by atoms with E-state index in [9.17, 15) is 10.1 Å². The third-order valence-electron chi connectivity index (χ3n) is 6.83. The van der Waals surface area contributed by atoms with Crippen LogP contribution >= 0.6 is 11.8 Å². The molecule has 2 aliphatic rings. The molecule has 1 fully saturated rings. The van der Waals surface area contributed by atoms with E-state index in [-0.39, 0.29) is 18.2 Å². The third kappa shape index (κ3) is 5.16. The molecule has 0 spiro atoms. The lowest BCUT2D eigenvalue weighted by Crippen LogP contribution is -2.47. The molecule has 1 atom stereocenters. The van der Waals surface area contributed by atoms with Crippen LogP contribution in [0.4, 0.5) is 5.69 Å². The summed E-state index contributed by atoms with van der Waals surface area (Å²) in [5.74, 6) is 1.59. The molecule has 1 amide bonds. The molecule has 1 saturated heterocycles. The number of nitrogens with zero attached hydrogens (tertiary/aromatic N) is 3. The van der Waals surface area contributed by atoms with Crippen LogP contribution in [-0.2, 0) is 17.8 Å². The molecule has 6 nitrogen and oxygen atoms in total. The molecule has 0 saturated carbocycles. The highest BCUT2D eigenvalue weighted by Crippen LogP contribution is 2.44. The second kappa shape index (κ2) is 11.0. The first-order valence-corrected chi connectivity index (χ1v) is 13.4. The van der Waals surface area contributed by atoms with Crippen LogP contribution in [0.2, 0.25) is 0 Å². The zero-order valence-corrected chi connectivity index (χ0v) is 21.8. The Kier molecular flexibility index (Phi) is 7.38. The third-order valence-corrected chi connectivity index (χ3v) is 7.98. The van der Waals surface area contributed by atoms with Crippen molar-refractivity contribution in [2.45, 2.75) is 32.3 Å². The van der Waals surface area contributed by atoms with Crippen LogP contribution in [0.5, 0.6) is 11.5 Å². The maximum absolute atomic E-state index is 13.3. The second-order valence-corrected chi connectivity index (χ2v) is 10.0. The molecule has 188 valence electrons. The average Bonchev–Trinajstić information content (AvgIpc) is 2.96. The SMILES string of the molecule is CCc1ccc(N2CSC3=C(C#N)C(c4ccc(OCc5ccccc5)c(OC)c4)CC(=O)N3C2)cc1. The minimum Gasteiger partial charge on any atom is -0.493 e. The van der Waals surface area contributed by atoms with Gasteiger partial charge < -0.3 is 14.4 Å². The van der Waals surface area contributed by atoms with Gasteiger partial charge >= 0.3 is 0 Å². The molecular formula is C30H29N3O3S. The molecule has 2 aliphatic heterocycles. The van der Waals surface area contributed by atoms with Gasteiger partial charge in [-0.25, -0.2) is 0 Å². The monoisotopic (exact) mass is 511 g/mol. The number of carbonyl (C=O) groups excluding carboxylic acids is 1. The number of rotatable bonds is 7. The van der Waals surface area contributed by atoms with Gasteiger partial charge in [-0.05, 0) is 47.4 Å². The van der Waals surface area contributed by atoms with Crippen LogP contribution in [0.1, 0.15) is 36.0 Å². The number of amides is 1. The van der Waals surface area contributed by atoms with E-state index >= 15 is 0 Å². The van der Waals surface area contributed by atoms with Crippen LogP contribution < -0.4 is 14.4 Å². The number of nitriles is 1. The van der Waals surface area contributed by atoms with E-state index in [0.717, 1.165) is 28.3 Å². The molecule has 0 aliphatic carbocycles. The minimum absolute atomic E-state index is 0.0183. The molecule has 5 rings (SSSR count). The molecule has 3 aromatic rings. The average molecular weight is 512 g/mol. The maximum atomic E-state index is 13.3. The van der Waals surface area contributed by atoms with Crippen LogP contribution in [0.25, 0.3) is 0 Å². The summed E-state index contributed by atoms with van der Waals surface area (Å²) in [5, 5.41) is 10.9. The Bertz CT molecular complexity index is 1350. The number of fused-ring (bicyclic) bond motifs is 1. The van der Waals surface area contributed by atoms with Crippen molar-refractivity contribution in [1.82, 2.24) is 4.90 Å². The summed E-state index contributed by atoms with van der Waals surface area (Å²) >= 11 is 1.55. The summed E-state index contributed by atoms with van der Waals surface area (Å²) in [6.45, 7) is 3.01. The van der Waals surface area contributed by atoms with E-state index in [1.807, 2.05) is 48.5 Å². The van der Waals surface area contributed by atoms with Crippen molar-refractivity contribution in [2.24, 2.45) is 0 Å². The van der Waals surface area contributed by atoms with Gasteiger partial charge in [-0.1, -0.05) is 67.2 Å². The summed E-state index contributed by atoms with van der Waals surface area (Å²) in [4.78, 5) is 17.2. The van der Waals surface area contributed by atoms with Crippen molar-refractivity contribution >= 4 is 23.4 Å². The lowest BCUT2D eigenvalue weighted by atomic mass is 9.86. The van der Waals surface area contributed by atoms with Gasteiger partial charge in [0.05, 0.1) is 36.3 Å². The number of hydrogen-bond acceptors (Lipinski definition) is 6. The first-order chi connectivity index (χ1) is 18.1. The number of thioether (sulfide) groups is 1. The quantitative estimate of drug-likeness (QED) is 0.384. The van der Waals surface area contributed by atoms with E-state index in [1.54, 1.807) is 23.8 Å². The Balaban J connectivity index is 1.37. The number of anilines is 1. The number of ether oxygens (including phenoxy) is 2. The van der Waals surface area contributed by atoms with Gasteiger partial charge in [-0.3, -0.25) is 9.69 Å². The molecule has 3 aromatic carbocycles. The Morgan fingerprint density at radius 1 is 1.03 bits per heavy atom. The number of hydrogen-bond donors (Lipinski definition) is 0. The lowest BCUT2D eigenvalue weighted by Gasteiger charge is -2.42. The van der Waals surface area contributed by atoms with Gasteiger partial charge in [0.2, 0.25) is 5.91 Å². The summed E-state index contributed by atoms with van der Waals surface area (Å²) in [5.41, 5.74) is 4.93. The highest BCUT2D eigenvalue weighted by Gasteiger charge is 2.38. The molecule has 7 heteroatoms. The predicted octanol–water partition coefficient (Wildman–Crippen LogP) is 6.06. The largest absolute Gasteiger partial charge is 0.493 e. The van der Waals surface area contributed by atoms with Crippen LogP contribution in [0, 0.1) is 11.3 Å². The first kappa shape index (κ1) is 24.8. The molecule has 37 heavy (non-hydrogen) atoms. The zero-order valence-electron chi connectivity index (χ0n) is 21.0. The number of methoxy groups -OCH3 is 1. The Morgan fingerprint density at radius 2 is 1.81 bits per heavy atom. The predicted molar refractivity (Wildman–Crippen MR) is 146 cm³/mol. The fourth-order valence-corrected chi connectivity index (χ4v) is 5.88. The molecule has 0 radical (unpaired) electrons. The highest BCUT2D eigenvalue weighted by atomic mass is 32.2. The van der Waals surface area contributed by atoms with Gasteiger partial charge in [0, 0.05) is 18.0 Å².